The molecule has 0 aliphatic carbocycles. The molecule has 3 nitrogen and oxygen atoms in total. The summed E-state index contributed by atoms with van der Waals surface area (Å²) in [5.74, 6) is 1.29. The molecule has 0 aliphatic rings. The van der Waals surface area contributed by atoms with E-state index in [0.717, 1.165) is 0 Å². The maximum absolute atomic E-state index is 11.1. The van der Waals surface area contributed by atoms with E-state index >= 15 is 0 Å². The molecule has 0 saturated carbocycles. The third-order valence-corrected chi connectivity index (χ3v) is 4.15. The Bertz CT molecular complexity index is 242. The predicted molar refractivity (Wildman–Crippen MR) is 60.8 cm³/mol. The van der Waals surface area contributed by atoms with Crippen LogP contribution < -0.4 is 4.72 Å². The topological polar surface area (TPSA) is 46.2 Å². The van der Waals surface area contributed by atoms with Crippen molar-refractivity contribution in [1.29, 1.82) is 0 Å². The van der Waals surface area contributed by atoms with Gasteiger partial charge in [0, 0.05) is 6.54 Å². The minimum absolute atomic E-state index is 0.355. The maximum Gasteiger partial charge on any atom is 0.225 e. The van der Waals surface area contributed by atoms with Gasteiger partial charge < -0.3 is 0 Å². The van der Waals surface area contributed by atoms with Crippen molar-refractivity contribution in [2.75, 3.05) is 11.8 Å². The fourth-order valence-corrected chi connectivity index (χ4v) is 2.26. The van der Waals surface area contributed by atoms with E-state index in [4.69, 9.17) is 11.6 Å². The molecule has 0 fully saturated rings. The number of alkyl halides is 1. The van der Waals surface area contributed by atoms with Crippen LogP contribution >= 0.6 is 11.6 Å². The smallest absolute Gasteiger partial charge is 0.214 e. The van der Waals surface area contributed by atoms with Crippen molar-refractivity contribution in [2.45, 2.75) is 27.7 Å². The summed E-state index contributed by atoms with van der Waals surface area (Å²) in [5, 5.41) is -0.365. The fourth-order valence-electron chi connectivity index (χ4n) is 1.50. The average molecular weight is 242 g/mol. The van der Waals surface area contributed by atoms with Crippen LogP contribution in [0, 0.1) is 17.8 Å². The van der Waals surface area contributed by atoms with E-state index < -0.39 is 10.0 Å². The van der Waals surface area contributed by atoms with Crippen LogP contribution in [-0.2, 0) is 10.0 Å². The quantitative estimate of drug-likeness (QED) is 0.724. The first-order valence-corrected chi connectivity index (χ1v) is 7.02. The van der Waals surface area contributed by atoms with Crippen molar-refractivity contribution in [2.24, 2.45) is 17.8 Å². The predicted octanol–water partition coefficient (Wildman–Crippen LogP) is 2.03. The summed E-state index contributed by atoms with van der Waals surface area (Å²) in [6, 6.07) is 0. The van der Waals surface area contributed by atoms with Crippen LogP contribution in [0.2, 0.25) is 0 Å². The van der Waals surface area contributed by atoms with Gasteiger partial charge in [-0.15, -0.1) is 11.6 Å². The van der Waals surface area contributed by atoms with Crippen molar-refractivity contribution < 1.29 is 8.42 Å². The average Bonchev–Trinajstić information content (AvgIpc) is 2.03. The largest absolute Gasteiger partial charge is 0.225 e. The zero-order valence-electron chi connectivity index (χ0n) is 9.25. The van der Waals surface area contributed by atoms with Gasteiger partial charge in [0.2, 0.25) is 10.0 Å². The van der Waals surface area contributed by atoms with E-state index in [0.29, 0.717) is 24.3 Å². The van der Waals surface area contributed by atoms with E-state index in [1.807, 2.05) is 0 Å². The summed E-state index contributed by atoms with van der Waals surface area (Å²) in [6.45, 7) is 8.86. The molecule has 0 aliphatic heterocycles. The van der Waals surface area contributed by atoms with Crippen molar-refractivity contribution >= 4 is 21.6 Å². The second kappa shape index (κ2) is 5.93. The maximum atomic E-state index is 11.1. The lowest BCUT2D eigenvalue weighted by Crippen LogP contribution is -2.34. The van der Waals surface area contributed by atoms with Gasteiger partial charge in [0.05, 0.1) is 0 Å². The summed E-state index contributed by atoms with van der Waals surface area (Å²) in [4.78, 5) is 0. The van der Waals surface area contributed by atoms with Gasteiger partial charge in [0.1, 0.15) is 5.21 Å². The molecule has 0 rings (SSSR count). The monoisotopic (exact) mass is 241 g/mol. The van der Waals surface area contributed by atoms with E-state index in [1.165, 1.54) is 0 Å². The van der Waals surface area contributed by atoms with Crippen molar-refractivity contribution in [3.63, 3.8) is 0 Å². The number of halogens is 1. The molecule has 86 valence electrons. The standard InChI is InChI=1S/C9H20ClNO2S/c1-7(2)9(8(3)4)5-11-14(12,13)6-10/h7-9,11H,5-6H2,1-4H3. The van der Waals surface area contributed by atoms with Gasteiger partial charge in [-0.2, -0.15) is 0 Å². The Morgan fingerprint density at radius 3 is 1.86 bits per heavy atom. The minimum Gasteiger partial charge on any atom is -0.214 e. The van der Waals surface area contributed by atoms with Crippen LogP contribution in [0.4, 0.5) is 0 Å². The number of rotatable bonds is 6. The third-order valence-electron chi connectivity index (χ3n) is 2.40. The van der Waals surface area contributed by atoms with Crippen LogP contribution in [0.25, 0.3) is 0 Å². The summed E-state index contributed by atoms with van der Waals surface area (Å²) in [5.41, 5.74) is 0. The molecule has 0 unspecified atom stereocenters. The normalized spacial score (nSPS) is 13.1. The Hall–Kier alpha value is 0.200. The van der Waals surface area contributed by atoms with Gasteiger partial charge in [0.15, 0.2) is 0 Å². The highest BCUT2D eigenvalue weighted by molar-refractivity contribution is 7.90. The highest BCUT2D eigenvalue weighted by atomic mass is 35.5. The SMILES string of the molecule is CC(C)C(CNS(=O)(=O)CCl)C(C)C. The van der Waals surface area contributed by atoms with Crippen molar-refractivity contribution in [1.82, 2.24) is 4.72 Å². The van der Waals surface area contributed by atoms with Crippen LogP contribution in [0.15, 0.2) is 0 Å². The lowest BCUT2D eigenvalue weighted by atomic mass is 9.86. The molecule has 5 heteroatoms. The molecule has 0 amide bonds. The summed E-state index contributed by atoms with van der Waals surface area (Å²) >= 11 is 5.29. The van der Waals surface area contributed by atoms with Gasteiger partial charge in [-0.3, -0.25) is 0 Å². The molecule has 0 heterocycles. The Balaban J connectivity index is 4.21. The fraction of sp³-hybridized carbons (Fsp3) is 1.00. The number of hydrogen-bond donors (Lipinski definition) is 1. The highest BCUT2D eigenvalue weighted by Crippen LogP contribution is 2.19. The van der Waals surface area contributed by atoms with Gasteiger partial charge in [-0.25, -0.2) is 13.1 Å². The number of sulfonamides is 1. The Morgan fingerprint density at radius 2 is 1.57 bits per heavy atom. The lowest BCUT2D eigenvalue weighted by molar-refractivity contribution is 0.289. The first kappa shape index (κ1) is 14.2. The van der Waals surface area contributed by atoms with E-state index in [9.17, 15) is 8.42 Å². The third kappa shape index (κ3) is 5.17. The molecule has 14 heavy (non-hydrogen) atoms. The first-order chi connectivity index (χ1) is 6.30. The number of nitrogens with one attached hydrogen (secondary N) is 1. The molecule has 0 atom stereocenters. The van der Waals surface area contributed by atoms with E-state index in [-0.39, 0.29) is 5.21 Å². The molecule has 0 aromatic rings. The molecule has 0 aromatic carbocycles. The Morgan fingerprint density at radius 1 is 1.14 bits per heavy atom. The molecule has 0 spiro atoms. The molecular formula is C9H20ClNO2S. The van der Waals surface area contributed by atoms with Crippen molar-refractivity contribution in [3.8, 4) is 0 Å². The highest BCUT2D eigenvalue weighted by Gasteiger charge is 2.19. The summed E-state index contributed by atoms with van der Waals surface area (Å²) in [7, 11) is -3.27. The first-order valence-electron chi connectivity index (χ1n) is 4.83. The lowest BCUT2D eigenvalue weighted by Gasteiger charge is -2.24. The summed E-state index contributed by atoms with van der Waals surface area (Å²) in [6.07, 6.45) is 0. The van der Waals surface area contributed by atoms with Crippen LogP contribution in [0.1, 0.15) is 27.7 Å². The van der Waals surface area contributed by atoms with E-state index in [2.05, 4.69) is 32.4 Å². The van der Waals surface area contributed by atoms with Crippen LogP contribution in [-0.4, -0.2) is 20.2 Å². The van der Waals surface area contributed by atoms with Gasteiger partial charge in [-0.1, -0.05) is 27.7 Å². The van der Waals surface area contributed by atoms with Crippen LogP contribution in [0.5, 0.6) is 0 Å². The molecule has 0 saturated heterocycles. The van der Waals surface area contributed by atoms with E-state index in [1.54, 1.807) is 0 Å². The van der Waals surface area contributed by atoms with Crippen LogP contribution in [0.3, 0.4) is 0 Å². The minimum atomic E-state index is -3.27. The molecule has 1 N–H and O–H groups in total. The number of hydrogen-bond acceptors (Lipinski definition) is 2. The van der Waals surface area contributed by atoms with Gasteiger partial charge in [0.25, 0.3) is 0 Å². The van der Waals surface area contributed by atoms with Crippen molar-refractivity contribution in [3.05, 3.63) is 0 Å². The molecular weight excluding hydrogens is 222 g/mol. The van der Waals surface area contributed by atoms with Gasteiger partial charge >= 0.3 is 0 Å². The molecule has 0 radical (unpaired) electrons. The second-order valence-electron chi connectivity index (χ2n) is 4.22. The van der Waals surface area contributed by atoms with Gasteiger partial charge in [-0.05, 0) is 17.8 Å². The zero-order valence-corrected chi connectivity index (χ0v) is 10.8. The zero-order chi connectivity index (χ0) is 11.4. The Labute approximate surface area is 92.3 Å². The molecule has 0 bridgehead atoms. The molecule has 0 aromatic heterocycles. The Kier molecular flexibility index (Phi) is 6.02. The summed E-state index contributed by atoms with van der Waals surface area (Å²) < 4.78 is 24.7. The second-order valence-corrected chi connectivity index (χ2v) is 6.62.